The molecule has 0 atom stereocenters. The van der Waals surface area contributed by atoms with Gasteiger partial charge in [0.2, 0.25) is 0 Å². The summed E-state index contributed by atoms with van der Waals surface area (Å²) in [4.78, 5) is 32.8. The van der Waals surface area contributed by atoms with Gasteiger partial charge >= 0.3 is 12.2 Å². The molecule has 9 nitrogen and oxygen atoms in total. The second kappa shape index (κ2) is 6.99. The van der Waals surface area contributed by atoms with E-state index in [0.29, 0.717) is 19.5 Å². The first-order chi connectivity index (χ1) is 11.8. The summed E-state index contributed by atoms with van der Waals surface area (Å²) in [5, 5.41) is 20.0. The third-order valence-electron chi connectivity index (χ3n) is 3.12. The predicted octanol–water partition coefficient (Wildman–Crippen LogP) is 3.23. The first-order valence-corrected chi connectivity index (χ1v) is 8.86. The highest BCUT2D eigenvalue weighted by Crippen LogP contribution is 2.31. The molecule has 0 fully saturated rings. The van der Waals surface area contributed by atoms with Crippen molar-refractivity contribution in [3.05, 3.63) is 16.1 Å². The number of aliphatic hydroxyl groups is 1. The zero-order chi connectivity index (χ0) is 19.9. The van der Waals surface area contributed by atoms with Gasteiger partial charge in [-0.3, -0.25) is 0 Å². The topological polar surface area (TPSA) is 118 Å². The first kappa shape index (κ1) is 20.4. The van der Waals surface area contributed by atoms with E-state index in [4.69, 9.17) is 4.74 Å². The van der Waals surface area contributed by atoms with Gasteiger partial charge < -0.3 is 19.5 Å². The zero-order valence-electron chi connectivity index (χ0n) is 15.1. The van der Waals surface area contributed by atoms with Crippen LogP contribution in [0.5, 0.6) is 0 Å². The van der Waals surface area contributed by atoms with E-state index in [2.05, 4.69) is 9.97 Å². The molecule has 0 aromatic carbocycles. The summed E-state index contributed by atoms with van der Waals surface area (Å²) in [7, 11) is 0. The Kier molecular flexibility index (Phi) is 5.47. The Morgan fingerprint density at radius 3 is 2.38 bits per heavy atom. The maximum atomic E-state index is 12.4. The Balaban J connectivity index is 2.60. The van der Waals surface area contributed by atoms with Crippen molar-refractivity contribution in [2.45, 2.75) is 52.4 Å². The van der Waals surface area contributed by atoms with Gasteiger partial charge in [0, 0.05) is 9.77 Å². The summed E-state index contributed by atoms with van der Waals surface area (Å²) in [6.07, 6.45) is 0.340. The van der Waals surface area contributed by atoms with Crippen molar-refractivity contribution in [3.63, 3.8) is 0 Å². The molecule has 0 aliphatic heterocycles. The standard InChI is InChI=1S/C16H21IN4O5/c1-15(2,3)26-14(24)21(13(22)23)12-10-9(17)6-20(7-16(4,5)25)11(10)18-8-19-12/h6,8,25H,7H2,1-5H3,(H,22,23). The summed E-state index contributed by atoms with van der Waals surface area (Å²) in [5.41, 5.74) is -1.45. The van der Waals surface area contributed by atoms with Crippen LogP contribution in [0.15, 0.2) is 12.5 Å². The van der Waals surface area contributed by atoms with Gasteiger partial charge in [-0.25, -0.2) is 19.6 Å². The SMILES string of the molecule is CC(C)(O)Cn1cc(I)c2c(N(C(=O)O)C(=O)OC(C)(C)C)ncnc21. The van der Waals surface area contributed by atoms with Gasteiger partial charge in [-0.1, -0.05) is 0 Å². The van der Waals surface area contributed by atoms with Gasteiger partial charge in [0.25, 0.3) is 0 Å². The van der Waals surface area contributed by atoms with Crippen molar-refractivity contribution in [3.8, 4) is 0 Å². The molecule has 2 heterocycles. The number of fused-ring (bicyclic) bond motifs is 1. The molecule has 0 aliphatic carbocycles. The van der Waals surface area contributed by atoms with Gasteiger partial charge in [-0.2, -0.15) is 4.90 Å². The molecule has 2 aromatic rings. The van der Waals surface area contributed by atoms with Crippen molar-refractivity contribution in [2.24, 2.45) is 0 Å². The first-order valence-electron chi connectivity index (χ1n) is 7.78. The Morgan fingerprint density at radius 1 is 1.27 bits per heavy atom. The van der Waals surface area contributed by atoms with Crippen LogP contribution in [0.3, 0.4) is 0 Å². The lowest BCUT2D eigenvalue weighted by Crippen LogP contribution is -2.40. The quantitative estimate of drug-likeness (QED) is 0.654. The highest BCUT2D eigenvalue weighted by Gasteiger charge is 2.32. The number of nitrogens with zero attached hydrogens (tertiary/aromatic N) is 4. The maximum Gasteiger partial charge on any atom is 0.425 e. The fourth-order valence-electron chi connectivity index (χ4n) is 2.33. The number of anilines is 1. The van der Waals surface area contributed by atoms with E-state index in [1.165, 1.54) is 6.33 Å². The maximum absolute atomic E-state index is 12.4. The molecule has 0 spiro atoms. The van der Waals surface area contributed by atoms with Crippen molar-refractivity contribution < 1.29 is 24.5 Å². The van der Waals surface area contributed by atoms with Crippen molar-refractivity contribution in [2.75, 3.05) is 4.90 Å². The Morgan fingerprint density at radius 2 is 1.88 bits per heavy atom. The Labute approximate surface area is 164 Å². The average molecular weight is 476 g/mol. The number of carbonyl (C=O) groups is 2. The van der Waals surface area contributed by atoms with Crippen molar-refractivity contribution >= 4 is 51.6 Å². The molecule has 0 saturated heterocycles. The number of halogens is 1. The summed E-state index contributed by atoms with van der Waals surface area (Å²) in [6.45, 7) is 8.47. The van der Waals surface area contributed by atoms with Crippen LogP contribution in [0.2, 0.25) is 0 Å². The number of rotatable bonds is 3. The van der Waals surface area contributed by atoms with Gasteiger partial charge in [-0.05, 0) is 57.2 Å². The van der Waals surface area contributed by atoms with E-state index < -0.39 is 23.4 Å². The number of carboxylic acid groups (broad SMARTS) is 1. The fraction of sp³-hybridized carbons (Fsp3) is 0.500. The van der Waals surface area contributed by atoms with Crippen LogP contribution in [-0.2, 0) is 11.3 Å². The van der Waals surface area contributed by atoms with Gasteiger partial charge in [-0.15, -0.1) is 0 Å². The molecule has 0 radical (unpaired) electrons. The predicted molar refractivity (Wildman–Crippen MR) is 103 cm³/mol. The van der Waals surface area contributed by atoms with Crippen LogP contribution in [0.25, 0.3) is 11.0 Å². The molecular formula is C16H21IN4O5. The number of amides is 2. The molecule has 10 heteroatoms. The highest BCUT2D eigenvalue weighted by molar-refractivity contribution is 14.1. The summed E-state index contributed by atoms with van der Waals surface area (Å²) in [6, 6.07) is 0. The lowest BCUT2D eigenvalue weighted by atomic mass is 10.1. The molecule has 0 unspecified atom stereocenters. The third kappa shape index (κ3) is 4.61. The zero-order valence-corrected chi connectivity index (χ0v) is 17.3. The lowest BCUT2D eigenvalue weighted by molar-refractivity contribution is 0.0579. The van der Waals surface area contributed by atoms with E-state index in [1.807, 2.05) is 22.6 Å². The number of hydrogen-bond donors (Lipinski definition) is 2. The molecular weight excluding hydrogens is 455 g/mol. The second-order valence-corrected chi connectivity index (χ2v) is 8.57. The van der Waals surface area contributed by atoms with E-state index in [-0.39, 0.29) is 12.4 Å². The number of imide groups is 1. The van der Waals surface area contributed by atoms with Crippen LogP contribution >= 0.6 is 22.6 Å². The van der Waals surface area contributed by atoms with Crippen molar-refractivity contribution in [1.82, 2.24) is 14.5 Å². The van der Waals surface area contributed by atoms with Gasteiger partial charge in [0.05, 0.1) is 17.5 Å². The van der Waals surface area contributed by atoms with E-state index in [9.17, 15) is 19.8 Å². The third-order valence-corrected chi connectivity index (χ3v) is 3.94. The smallest absolute Gasteiger partial charge is 0.425 e. The molecule has 2 amide bonds. The fourth-order valence-corrected chi connectivity index (χ4v) is 3.15. The van der Waals surface area contributed by atoms with Gasteiger partial charge in [0.1, 0.15) is 17.6 Å². The minimum Gasteiger partial charge on any atom is -0.464 e. The monoisotopic (exact) mass is 476 g/mol. The largest absolute Gasteiger partial charge is 0.464 e. The molecule has 0 bridgehead atoms. The lowest BCUT2D eigenvalue weighted by Gasteiger charge is -2.24. The minimum absolute atomic E-state index is 0.0874. The molecule has 2 rings (SSSR count). The minimum atomic E-state index is -1.51. The number of aromatic nitrogens is 3. The summed E-state index contributed by atoms with van der Waals surface area (Å²) < 4.78 is 7.53. The molecule has 0 aliphatic rings. The van der Waals surface area contributed by atoms with Crippen LogP contribution in [-0.4, -0.2) is 48.1 Å². The Bertz CT molecular complexity index is 851. The molecule has 0 saturated carbocycles. The highest BCUT2D eigenvalue weighted by atomic mass is 127. The van der Waals surface area contributed by atoms with E-state index in [0.717, 1.165) is 0 Å². The molecule has 142 valence electrons. The summed E-state index contributed by atoms with van der Waals surface area (Å²) >= 11 is 2.01. The molecule has 2 N–H and O–H groups in total. The normalized spacial score (nSPS) is 12.3. The molecule has 26 heavy (non-hydrogen) atoms. The van der Waals surface area contributed by atoms with Crippen molar-refractivity contribution in [1.29, 1.82) is 0 Å². The Hall–Kier alpha value is -1.95. The van der Waals surface area contributed by atoms with E-state index >= 15 is 0 Å². The molecule has 2 aromatic heterocycles. The van der Waals surface area contributed by atoms with Gasteiger partial charge in [0.15, 0.2) is 5.82 Å². The number of carbonyl (C=O) groups excluding carboxylic acids is 1. The van der Waals surface area contributed by atoms with Crippen LogP contribution in [0.1, 0.15) is 34.6 Å². The second-order valence-electron chi connectivity index (χ2n) is 7.41. The number of hydrogen-bond acceptors (Lipinski definition) is 6. The van der Waals surface area contributed by atoms with Crippen LogP contribution in [0.4, 0.5) is 15.4 Å². The number of ether oxygens (including phenoxy) is 1. The summed E-state index contributed by atoms with van der Waals surface area (Å²) in [5.74, 6) is -0.0874. The van der Waals surface area contributed by atoms with Crippen LogP contribution in [0, 0.1) is 3.57 Å². The van der Waals surface area contributed by atoms with E-state index in [1.54, 1.807) is 45.4 Å². The average Bonchev–Trinajstić information content (AvgIpc) is 2.72. The van der Waals surface area contributed by atoms with Crippen LogP contribution < -0.4 is 4.90 Å².